The van der Waals surface area contributed by atoms with Crippen LogP contribution in [0.2, 0.25) is 0 Å². The van der Waals surface area contributed by atoms with Crippen molar-refractivity contribution in [2.24, 2.45) is 0 Å². The van der Waals surface area contributed by atoms with Crippen molar-refractivity contribution in [3.63, 3.8) is 0 Å². The molecule has 0 radical (unpaired) electrons. The van der Waals surface area contributed by atoms with Gasteiger partial charge in [-0.3, -0.25) is 4.79 Å². The quantitative estimate of drug-likeness (QED) is 0.796. The van der Waals surface area contributed by atoms with Gasteiger partial charge in [-0.05, 0) is 25.7 Å². The Hall–Kier alpha value is -1.56. The molecule has 2 aliphatic rings. The van der Waals surface area contributed by atoms with Crippen molar-refractivity contribution in [3.8, 4) is 0 Å². The highest BCUT2D eigenvalue weighted by Gasteiger charge is 2.43. The fourth-order valence-corrected chi connectivity index (χ4v) is 2.92. The Morgan fingerprint density at radius 3 is 2.70 bits per heavy atom. The van der Waals surface area contributed by atoms with E-state index in [9.17, 15) is 9.59 Å². The highest BCUT2D eigenvalue weighted by atomic mass is 16.6. The standard InChI is InChI=1S/C14H21NO5/c1-2-9-19-13(18)15-7-5-14(6-8-15)4-3-11(20-14)10-12(16)17/h2,11H,1,3-10H2,(H,16,17). The summed E-state index contributed by atoms with van der Waals surface area (Å²) in [5.41, 5.74) is -0.241. The van der Waals surface area contributed by atoms with Gasteiger partial charge in [0.25, 0.3) is 0 Å². The van der Waals surface area contributed by atoms with Gasteiger partial charge in [0.2, 0.25) is 0 Å². The number of piperidine rings is 1. The summed E-state index contributed by atoms with van der Waals surface area (Å²) in [5, 5.41) is 8.80. The number of carboxylic acid groups (broad SMARTS) is 1. The molecule has 6 nitrogen and oxygen atoms in total. The summed E-state index contributed by atoms with van der Waals surface area (Å²) in [6, 6.07) is 0. The summed E-state index contributed by atoms with van der Waals surface area (Å²) in [7, 11) is 0. The van der Waals surface area contributed by atoms with Crippen LogP contribution in [0.5, 0.6) is 0 Å². The number of amides is 1. The van der Waals surface area contributed by atoms with Crippen molar-refractivity contribution in [1.29, 1.82) is 0 Å². The molecule has 2 aliphatic heterocycles. The molecular formula is C14H21NO5. The molecular weight excluding hydrogens is 262 g/mol. The average Bonchev–Trinajstić information content (AvgIpc) is 2.79. The Morgan fingerprint density at radius 2 is 2.10 bits per heavy atom. The van der Waals surface area contributed by atoms with Gasteiger partial charge in [-0.1, -0.05) is 12.7 Å². The largest absolute Gasteiger partial charge is 0.481 e. The minimum atomic E-state index is -0.822. The normalized spacial score (nSPS) is 24.6. The van der Waals surface area contributed by atoms with Gasteiger partial charge < -0.3 is 19.5 Å². The van der Waals surface area contributed by atoms with E-state index in [0.717, 1.165) is 25.7 Å². The molecule has 0 aliphatic carbocycles. The summed E-state index contributed by atoms with van der Waals surface area (Å²) in [6.07, 6.45) is 4.24. The highest BCUT2D eigenvalue weighted by molar-refractivity contribution is 5.68. The van der Waals surface area contributed by atoms with Crippen molar-refractivity contribution < 1.29 is 24.2 Å². The van der Waals surface area contributed by atoms with E-state index in [1.807, 2.05) is 0 Å². The topological polar surface area (TPSA) is 76.1 Å². The average molecular weight is 283 g/mol. The summed E-state index contributed by atoms with van der Waals surface area (Å²) in [5.74, 6) is -0.822. The van der Waals surface area contributed by atoms with Crippen LogP contribution in [0.4, 0.5) is 4.79 Å². The van der Waals surface area contributed by atoms with Gasteiger partial charge in [-0.15, -0.1) is 0 Å². The second-order valence-corrected chi connectivity index (χ2v) is 5.41. The van der Waals surface area contributed by atoms with Crippen molar-refractivity contribution in [2.75, 3.05) is 19.7 Å². The molecule has 1 spiro atoms. The Kier molecular flexibility index (Phi) is 4.65. The zero-order valence-electron chi connectivity index (χ0n) is 11.5. The van der Waals surface area contributed by atoms with Gasteiger partial charge in [0.15, 0.2) is 0 Å². The van der Waals surface area contributed by atoms with E-state index < -0.39 is 5.97 Å². The highest BCUT2D eigenvalue weighted by Crippen LogP contribution is 2.39. The van der Waals surface area contributed by atoms with Crippen molar-refractivity contribution in [1.82, 2.24) is 4.90 Å². The number of rotatable bonds is 4. The minimum Gasteiger partial charge on any atom is -0.481 e. The van der Waals surface area contributed by atoms with E-state index in [1.165, 1.54) is 0 Å². The van der Waals surface area contributed by atoms with Gasteiger partial charge in [0.1, 0.15) is 6.61 Å². The predicted octanol–water partition coefficient (Wildman–Crippen LogP) is 1.80. The number of carboxylic acids is 1. The predicted molar refractivity (Wildman–Crippen MR) is 71.4 cm³/mol. The summed E-state index contributed by atoms with van der Waals surface area (Å²) >= 11 is 0. The first-order chi connectivity index (χ1) is 9.54. The van der Waals surface area contributed by atoms with E-state index in [-0.39, 0.29) is 30.8 Å². The summed E-state index contributed by atoms with van der Waals surface area (Å²) < 4.78 is 10.9. The Balaban J connectivity index is 1.81. The first-order valence-electron chi connectivity index (χ1n) is 6.97. The fourth-order valence-electron chi connectivity index (χ4n) is 2.92. The number of aliphatic carboxylic acids is 1. The molecule has 0 aromatic carbocycles. The molecule has 2 rings (SSSR count). The lowest BCUT2D eigenvalue weighted by Crippen LogP contribution is -2.47. The van der Waals surface area contributed by atoms with E-state index in [0.29, 0.717) is 13.1 Å². The molecule has 0 saturated carbocycles. The van der Waals surface area contributed by atoms with Crippen LogP contribution >= 0.6 is 0 Å². The lowest BCUT2D eigenvalue weighted by Gasteiger charge is -2.38. The van der Waals surface area contributed by atoms with Crippen LogP contribution in [0.1, 0.15) is 32.1 Å². The number of likely N-dealkylation sites (tertiary alicyclic amines) is 1. The van der Waals surface area contributed by atoms with E-state index in [1.54, 1.807) is 11.0 Å². The van der Waals surface area contributed by atoms with Crippen molar-refractivity contribution in [2.45, 2.75) is 43.8 Å². The number of carbonyl (C=O) groups is 2. The van der Waals surface area contributed by atoms with Crippen LogP contribution in [0.15, 0.2) is 12.7 Å². The zero-order valence-corrected chi connectivity index (χ0v) is 11.5. The van der Waals surface area contributed by atoms with Crippen LogP contribution in [-0.2, 0) is 14.3 Å². The molecule has 1 amide bonds. The fraction of sp³-hybridized carbons (Fsp3) is 0.714. The van der Waals surface area contributed by atoms with Crippen LogP contribution in [0.25, 0.3) is 0 Å². The van der Waals surface area contributed by atoms with E-state index in [4.69, 9.17) is 14.6 Å². The number of ether oxygens (including phenoxy) is 2. The Bertz CT molecular complexity index is 387. The summed E-state index contributed by atoms with van der Waals surface area (Å²) in [4.78, 5) is 24.1. The molecule has 0 aromatic heterocycles. The number of carbonyl (C=O) groups excluding carboxylic acids is 1. The zero-order chi connectivity index (χ0) is 14.6. The first-order valence-corrected chi connectivity index (χ1v) is 6.97. The van der Waals surface area contributed by atoms with E-state index in [2.05, 4.69) is 6.58 Å². The molecule has 0 bridgehead atoms. The third-order valence-corrected chi connectivity index (χ3v) is 4.00. The van der Waals surface area contributed by atoms with Crippen LogP contribution in [0, 0.1) is 0 Å². The lowest BCUT2D eigenvalue weighted by atomic mass is 9.88. The van der Waals surface area contributed by atoms with Gasteiger partial charge >= 0.3 is 12.1 Å². The molecule has 2 fully saturated rings. The van der Waals surface area contributed by atoms with Crippen molar-refractivity contribution in [3.05, 3.63) is 12.7 Å². The smallest absolute Gasteiger partial charge is 0.410 e. The molecule has 2 heterocycles. The third kappa shape index (κ3) is 3.50. The van der Waals surface area contributed by atoms with Gasteiger partial charge in [-0.2, -0.15) is 0 Å². The maximum atomic E-state index is 11.7. The second kappa shape index (κ2) is 6.26. The minimum absolute atomic E-state index is 0.0623. The molecule has 1 N–H and O–H groups in total. The summed E-state index contributed by atoms with van der Waals surface area (Å²) in [6.45, 7) is 4.91. The number of nitrogens with zero attached hydrogens (tertiary/aromatic N) is 1. The molecule has 2 saturated heterocycles. The number of hydrogen-bond donors (Lipinski definition) is 1. The second-order valence-electron chi connectivity index (χ2n) is 5.41. The van der Waals surface area contributed by atoms with Crippen LogP contribution < -0.4 is 0 Å². The van der Waals surface area contributed by atoms with Gasteiger partial charge in [-0.25, -0.2) is 4.79 Å². The van der Waals surface area contributed by atoms with Gasteiger partial charge in [0, 0.05) is 13.1 Å². The van der Waals surface area contributed by atoms with Crippen molar-refractivity contribution >= 4 is 12.1 Å². The molecule has 1 unspecified atom stereocenters. The maximum Gasteiger partial charge on any atom is 0.410 e. The monoisotopic (exact) mass is 283 g/mol. The number of hydrogen-bond acceptors (Lipinski definition) is 4. The molecule has 112 valence electrons. The first kappa shape index (κ1) is 14.8. The Labute approximate surface area is 118 Å². The molecule has 0 aromatic rings. The van der Waals surface area contributed by atoms with Crippen LogP contribution in [-0.4, -0.2) is 53.5 Å². The molecule has 6 heteroatoms. The maximum absolute atomic E-state index is 11.7. The SMILES string of the molecule is C=CCOC(=O)N1CCC2(CCC(CC(=O)O)O2)CC1. The molecule has 1 atom stereocenters. The van der Waals surface area contributed by atoms with Gasteiger partial charge in [0.05, 0.1) is 18.1 Å². The Morgan fingerprint density at radius 1 is 1.40 bits per heavy atom. The lowest BCUT2D eigenvalue weighted by molar-refractivity contribution is -0.142. The van der Waals surface area contributed by atoms with Crippen LogP contribution in [0.3, 0.4) is 0 Å². The third-order valence-electron chi connectivity index (χ3n) is 4.00. The molecule has 20 heavy (non-hydrogen) atoms. The van der Waals surface area contributed by atoms with E-state index >= 15 is 0 Å².